The lowest BCUT2D eigenvalue weighted by atomic mass is 10.1. The molecule has 0 saturated carbocycles. The molecular weight excluding hydrogens is 444 g/mol. The van der Waals surface area contributed by atoms with Gasteiger partial charge in [0.05, 0.1) is 23.1 Å². The van der Waals surface area contributed by atoms with E-state index in [0.717, 1.165) is 6.42 Å². The fourth-order valence-corrected chi connectivity index (χ4v) is 3.16. The van der Waals surface area contributed by atoms with Crippen LogP contribution < -0.4 is 9.47 Å². The fraction of sp³-hybridized carbons (Fsp3) is 0.200. The van der Waals surface area contributed by atoms with Gasteiger partial charge in [-0.1, -0.05) is 6.92 Å². The standard InChI is InChI=1S/C20H17BrN2O6/c1-3-8-28-18-15(21)9-12(11-17(18)27-2)10-16-20(24)29-19(22-16)13-4-6-14(7-5-13)23(25)26/h4-7,9-11H,3,8H2,1-2H3/b16-10-. The Morgan fingerprint density at radius 1 is 1.28 bits per heavy atom. The van der Waals surface area contributed by atoms with Gasteiger partial charge in [-0.3, -0.25) is 10.1 Å². The zero-order valence-corrected chi connectivity index (χ0v) is 17.3. The van der Waals surface area contributed by atoms with E-state index in [-0.39, 0.29) is 17.3 Å². The van der Waals surface area contributed by atoms with E-state index in [1.165, 1.54) is 31.4 Å². The molecule has 0 unspecified atom stereocenters. The highest BCUT2D eigenvalue weighted by Gasteiger charge is 2.25. The van der Waals surface area contributed by atoms with Crippen molar-refractivity contribution in [1.29, 1.82) is 0 Å². The third kappa shape index (κ3) is 4.62. The molecular formula is C20H17BrN2O6. The summed E-state index contributed by atoms with van der Waals surface area (Å²) in [7, 11) is 1.53. The average Bonchev–Trinajstić information content (AvgIpc) is 3.07. The lowest BCUT2D eigenvalue weighted by Gasteiger charge is -2.13. The van der Waals surface area contributed by atoms with Crippen molar-refractivity contribution in [1.82, 2.24) is 0 Å². The Morgan fingerprint density at radius 3 is 2.62 bits per heavy atom. The molecule has 0 bridgehead atoms. The van der Waals surface area contributed by atoms with Gasteiger partial charge in [-0.15, -0.1) is 0 Å². The number of halogens is 1. The van der Waals surface area contributed by atoms with Crippen LogP contribution in [-0.4, -0.2) is 30.5 Å². The highest BCUT2D eigenvalue weighted by Crippen LogP contribution is 2.37. The molecule has 1 aliphatic rings. The SMILES string of the molecule is CCCOc1c(Br)cc(/C=C2\N=C(c3ccc([N+](=O)[O-])cc3)OC2=O)cc1OC. The molecule has 150 valence electrons. The minimum Gasteiger partial charge on any atom is -0.493 e. The number of hydrogen-bond acceptors (Lipinski definition) is 7. The molecule has 0 atom stereocenters. The van der Waals surface area contributed by atoms with Crippen LogP contribution in [0.4, 0.5) is 5.69 Å². The van der Waals surface area contributed by atoms with E-state index >= 15 is 0 Å². The molecule has 0 radical (unpaired) electrons. The maximum atomic E-state index is 12.2. The van der Waals surface area contributed by atoms with Crippen molar-refractivity contribution in [2.45, 2.75) is 13.3 Å². The predicted molar refractivity (Wildman–Crippen MR) is 110 cm³/mol. The zero-order valence-electron chi connectivity index (χ0n) is 15.7. The number of carbonyl (C=O) groups is 1. The third-order valence-corrected chi connectivity index (χ3v) is 4.54. The summed E-state index contributed by atoms with van der Waals surface area (Å²) in [5.74, 6) is 0.580. The number of nitro groups is 1. The number of aliphatic imine (C=N–C) groups is 1. The molecule has 0 fully saturated rings. The summed E-state index contributed by atoms with van der Waals surface area (Å²) in [5, 5.41) is 10.8. The fourth-order valence-electron chi connectivity index (χ4n) is 2.58. The van der Waals surface area contributed by atoms with E-state index in [1.54, 1.807) is 18.2 Å². The number of esters is 1. The largest absolute Gasteiger partial charge is 0.493 e. The molecule has 0 aliphatic carbocycles. The zero-order chi connectivity index (χ0) is 21.0. The number of rotatable bonds is 7. The summed E-state index contributed by atoms with van der Waals surface area (Å²) >= 11 is 3.46. The summed E-state index contributed by atoms with van der Waals surface area (Å²) in [5.41, 5.74) is 1.18. The Bertz CT molecular complexity index is 1010. The van der Waals surface area contributed by atoms with Crippen LogP contribution in [0.15, 0.2) is 51.6 Å². The molecule has 0 amide bonds. The summed E-state index contributed by atoms with van der Waals surface area (Å²) < 4.78 is 17.0. The molecule has 9 heteroatoms. The smallest absolute Gasteiger partial charge is 0.363 e. The van der Waals surface area contributed by atoms with Gasteiger partial charge in [0.25, 0.3) is 5.69 Å². The highest BCUT2D eigenvalue weighted by molar-refractivity contribution is 9.10. The van der Waals surface area contributed by atoms with Crippen LogP contribution >= 0.6 is 15.9 Å². The van der Waals surface area contributed by atoms with Gasteiger partial charge in [-0.25, -0.2) is 9.79 Å². The number of benzene rings is 2. The maximum absolute atomic E-state index is 12.2. The molecule has 29 heavy (non-hydrogen) atoms. The van der Waals surface area contributed by atoms with Crippen LogP contribution in [0, 0.1) is 10.1 Å². The molecule has 0 spiro atoms. The van der Waals surface area contributed by atoms with Crippen LogP contribution in [0.25, 0.3) is 6.08 Å². The first-order valence-corrected chi connectivity index (χ1v) is 9.50. The number of nitro benzene ring substituents is 1. The number of nitrogens with zero attached hydrogens (tertiary/aromatic N) is 2. The lowest BCUT2D eigenvalue weighted by molar-refractivity contribution is -0.384. The first-order valence-electron chi connectivity index (χ1n) is 8.70. The Labute approximate surface area is 175 Å². The van der Waals surface area contributed by atoms with Gasteiger partial charge in [0, 0.05) is 17.7 Å². The van der Waals surface area contributed by atoms with E-state index in [0.29, 0.717) is 33.7 Å². The molecule has 0 aromatic heterocycles. The number of methoxy groups -OCH3 is 1. The van der Waals surface area contributed by atoms with Crippen molar-refractivity contribution in [3.05, 3.63) is 67.8 Å². The Hall–Kier alpha value is -3.20. The molecule has 2 aromatic carbocycles. The first-order chi connectivity index (χ1) is 13.9. The second kappa shape index (κ2) is 8.87. The van der Waals surface area contributed by atoms with E-state index in [9.17, 15) is 14.9 Å². The highest BCUT2D eigenvalue weighted by atomic mass is 79.9. The van der Waals surface area contributed by atoms with Crippen molar-refractivity contribution < 1.29 is 23.9 Å². The van der Waals surface area contributed by atoms with Gasteiger partial charge in [0.1, 0.15) is 0 Å². The first kappa shape index (κ1) is 20.5. The van der Waals surface area contributed by atoms with Crippen molar-refractivity contribution in [2.75, 3.05) is 13.7 Å². The number of hydrogen-bond donors (Lipinski definition) is 0. The second-order valence-corrected chi connectivity index (χ2v) is 6.88. The molecule has 2 aromatic rings. The Morgan fingerprint density at radius 2 is 2.00 bits per heavy atom. The maximum Gasteiger partial charge on any atom is 0.363 e. The van der Waals surface area contributed by atoms with Crippen molar-refractivity contribution >= 4 is 39.6 Å². The van der Waals surface area contributed by atoms with Gasteiger partial charge in [0.15, 0.2) is 17.2 Å². The number of ether oxygens (including phenoxy) is 3. The van der Waals surface area contributed by atoms with Crippen molar-refractivity contribution in [2.24, 2.45) is 4.99 Å². The monoisotopic (exact) mass is 460 g/mol. The van der Waals surface area contributed by atoms with E-state index in [1.807, 2.05) is 6.92 Å². The van der Waals surface area contributed by atoms with E-state index in [2.05, 4.69) is 20.9 Å². The molecule has 0 N–H and O–H groups in total. The summed E-state index contributed by atoms with van der Waals surface area (Å²) in [4.78, 5) is 26.7. The average molecular weight is 461 g/mol. The molecule has 1 heterocycles. The minimum atomic E-state index is -0.611. The van der Waals surface area contributed by atoms with Gasteiger partial charge >= 0.3 is 5.97 Å². The van der Waals surface area contributed by atoms with Gasteiger partial charge in [0.2, 0.25) is 5.90 Å². The van der Waals surface area contributed by atoms with Crippen LogP contribution in [0.5, 0.6) is 11.5 Å². The normalized spacial score (nSPS) is 14.5. The molecule has 3 rings (SSSR count). The summed E-state index contributed by atoms with van der Waals surface area (Å²) in [6.07, 6.45) is 2.42. The van der Waals surface area contributed by atoms with Crippen molar-refractivity contribution in [3.8, 4) is 11.5 Å². The number of carbonyl (C=O) groups excluding carboxylic acids is 1. The van der Waals surface area contributed by atoms with E-state index < -0.39 is 10.9 Å². The summed E-state index contributed by atoms with van der Waals surface area (Å²) in [6.45, 7) is 2.55. The lowest BCUT2D eigenvalue weighted by Crippen LogP contribution is -2.05. The van der Waals surface area contributed by atoms with Crippen molar-refractivity contribution in [3.63, 3.8) is 0 Å². The Balaban J connectivity index is 1.90. The molecule has 1 aliphatic heterocycles. The summed E-state index contributed by atoms with van der Waals surface area (Å²) in [6, 6.07) is 9.12. The predicted octanol–water partition coefficient (Wildman–Crippen LogP) is 4.50. The van der Waals surface area contributed by atoms with Crippen LogP contribution in [0.1, 0.15) is 24.5 Å². The Kier molecular flexibility index (Phi) is 6.28. The third-order valence-electron chi connectivity index (χ3n) is 3.95. The van der Waals surface area contributed by atoms with Crippen LogP contribution in [0.3, 0.4) is 0 Å². The topological polar surface area (TPSA) is 100 Å². The minimum absolute atomic E-state index is 0.0586. The second-order valence-electron chi connectivity index (χ2n) is 6.02. The number of non-ortho nitro benzene ring substituents is 1. The van der Waals surface area contributed by atoms with Crippen LogP contribution in [0.2, 0.25) is 0 Å². The molecule has 8 nitrogen and oxygen atoms in total. The van der Waals surface area contributed by atoms with Gasteiger partial charge < -0.3 is 14.2 Å². The van der Waals surface area contributed by atoms with E-state index in [4.69, 9.17) is 14.2 Å². The van der Waals surface area contributed by atoms with Gasteiger partial charge in [-0.05, 0) is 58.3 Å². The van der Waals surface area contributed by atoms with Crippen LogP contribution in [-0.2, 0) is 9.53 Å². The quantitative estimate of drug-likeness (QED) is 0.261. The van der Waals surface area contributed by atoms with Gasteiger partial charge in [-0.2, -0.15) is 0 Å². The molecule has 0 saturated heterocycles. The number of cyclic esters (lactones) is 1.